The summed E-state index contributed by atoms with van der Waals surface area (Å²) in [6.45, 7) is 7.89. The Morgan fingerprint density at radius 3 is 2.52 bits per heavy atom. The Morgan fingerprint density at radius 2 is 1.80 bits per heavy atom. The minimum atomic E-state index is -0.301. The molecule has 0 saturated carbocycles. The highest BCUT2D eigenvalue weighted by Crippen LogP contribution is 2.26. The first-order valence-electron chi connectivity index (χ1n) is 8.58. The number of aryl methyl sites for hydroxylation is 1. The Hall–Kier alpha value is -2.10. The second-order valence-electron chi connectivity index (χ2n) is 6.74. The third kappa shape index (κ3) is 3.94. The lowest BCUT2D eigenvalue weighted by molar-refractivity contribution is -0.686. The minimum Gasteiger partial charge on any atom is -0.423 e. The van der Waals surface area contributed by atoms with Crippen molar-refractivity contribution in [2.24, 2.45) is 0 Å². The molecule has 3 nitrogen and oxygen atoms in total. The Morgan fingerprint density at radius 1 is 1.08 bits per heavy atom. The second kappa shape index (κ2) is 7.42. The van der Waals surface area contributed by atoms with Crippen molar-refractivity contribution in [2.45, 2.75) is 39.8 Å². The summed E-state index contributed by atoms with van der Waals surface area (Å²) in [5.41, 5.74) is 4.90. The van der Waals surface area contributed by atoms with Crippen LogP contribution in [-0.4, -0.2) is 0 Å². The topological polar surface area (TPSA) is 46.8 Å². The van der Waals surface area contributed by atoms with E-state index < -0.39 is 0 Å². The molecule has 1 aromatic heterocycles. The quantitative estimate of drug-likeness (QED) is 0.698. The molecule has 3 aromatic rings. The monoisotopic (exact) mass is 356 g/mol. The summed E-state index contributed by atoms with van der Waals surface area (Å²) in [6.07, 6.45) is 0. The zero-order valence-electron chi connectivity index (χ0n) is 14.8. The Balaban J connectivity index is 1.91. The molecule has 0 saturated heterocycles. The van der Waals surface area contributed by atoms with Gasteiger partial charge in [-0.15, -0.1) is 0 Å². The fourth-order valence-electron chi connectivity index (χ4n) is 3.23. The standard InChI is InChI=1S/C21H22ClNO2/c1-13(2)17-10-18-16(9-21(24)25-20(18)8-14(17)3)12-23-11-15-6-4-5-7-19(15)22/h4-10,13,23H,11-12H2,1-3H3/p+1. The van der Waals surface area contributed by atoms with Crippen molar-refractivity contribution in [3.8, 4) is 0 Å². The van der Waals surface area contributed by atoms with Crippen LogP contribution < -0.4 is 10.9 Å². The van der Waals surface area contributed by atoms with Gasteiger partial charge in [-0.1, -0.05) is 43.6 Å². The highest BCUT2D eigenvalue weighted by Gasteiger charge is 2.12. The van der Waals surface area contributed by atoms with Gasteiger partial charge in [-0.2, -0.15) is 0 Å². The van der Waals surface area contributed by atoms with Crippen LogP contribution in [0.3, 0.4) is 0 Å². The summed E-state index contributed by atoms with van der Waals surface area (Å²) in [5.74, 6) is 0.427. The SMILES string of the molecule is Cc1cc2oc(=O)cc(C[NH2+]Cc3ccccc3Cl)c2cc1C(C)C. The molecule has 0 amide bonds. The molecule has 4 heteroatoms. The molecule has 0 bridgehead atoms. The van der Waals surface area contributed by atoms with Crippen LogP contribution in [0.15, 0.2) is 51.7 Å². The van der Waals surface area contributed by atoms with Gasteiger partial charge in [0, 0.05) is 27.6 Å². The largest absolute Gasteiger partial charge is 0.423 e. The molecule has 3 rings (SSSR count). The van der Waals surface area contributed by atoms with Crippen molar-refractivity contribution in [2.75, 3.05) is 0 Å². The van der Waals surface area contributed by atoms with Gasteiger partial charge < -0.3 is 9.73 Å². The van der Waals surface area contributed by atoms with Gasteiger partial charge in [-0.3, -0.25) is 0 Å². The number of hydrogen-bond donors (Lipinski definition) is 1. The highest BCUT2D eigenvalue weighted by molar-refractivity contribution is 6.31. The fourth-order valence-corrected chi connectivity index (χ4v) is 3.44. The number of benzene rings is 2. The van der Waals surface area contributed by atoms with Crippen molar-refractivity contribution >= 4 is 22.6 Å². The molecule has 0 radical (unpaired) electrons. The summed E-state index contributed by atoms with van der Waals surface area (Å²) in [4.78, 5) is 11.9. The van der Waals surface area contributed by atoms with Crippen LogP contribution in [0.4, 0.5) is 0 Å². The van der Waals surface area contributed by atoms with Crippen LogP contribution in [0.5, 0.6) is 0 Å². The van der Waals surface area contributed by atoms with E-state index in [2.05, 4.69) is 32.2 Å². The van der Waals surface area contributed by atoms with E-state index in [4.69, 9.17) is 16.0 Å². The molecule has 25 heavy (non-hydrogen) atoms. The average molecular weight is 357 g/mol. The zero-order chi connectivity index (χ0) is 18.0. The van der Waals surface area contributed by atoms with Crippen LogP contribution >= 0.6 is 11.6 Å². The lowest BCUT2D eigenvalue weighted by Gasteiger charge is -2.12. The first-order chi connectivity index (χ1) is 12.0. The molecule has 130 valence electrons. The van der Waals surface area contributed by atoms with Gasteiger partial charge in [0.25, 0.3) is 0 Å². The van der Waals surface area contributed by atoms with E-state index in [9.17, 15) is 4.79 Å². The van der Waals surface area contributed by atoms with Gasteiger partial charge in [0.1, 0.15) is 18.7 Å². The first-order valence-corrected chi connectivity index (χ1v) is 8.96. The van der Waals surface area contributed by atoms with Crippen molar-refractivity contribution < 1.29 is 9.73 Å². The van der Waals surface area contributed by atoms with E-state index in [1.807, 2.05) is 30.3 Å². The lowest BCUT2D eigenvalue weighted by Crippen LogP contribution is -2.80. The minimum absolute atomic E-state index is 0.301. The Bertz CT molecular complexity index is 960. The van der Waals surface area contributed by atoms with Crippen molar-refractivity contribution in [3.05, 3.63) is 80.2 Å². The lowest BCUT2D eigenvalue weighted by atomic mass is 9.95. The maximum Gasteiger partial charge on any atom is 0.336 e. The molecule has 0 unspecified atom stereocenters. The molecule has 0 aliphatic rings. The molecule has 0 atom stereocenters. The van der Waals surface area contributed by atoms with E-state index in [1.54, 1.807) is 6.07 Å². The van der Waals surface area contributed by atoms with Crippen LogP contribution in [0.25, 0.3) is 11.0 Å². The number of halogens is 1. The van der Waals surface area contributed by atoms with Crippen LogP contribution in [0.1, 0.15) is 42.0 Å². The van der Waals surface area contributed by atoms with Crippen LogP contribution in [0, 0.1) is 6.92 Å². The summed E-state index contributed by atoms with van der Waals surface area (Å²) in [5, 5.41) is 3.95. The number of hydrogen-bond acceptors (Lipinski definition) is 2. The molecule has 0 aliphatic carbocycles. The maximum absolute atomic E-state index is 11.9. The van der Waals surface area contributed by atoms with Crippen LogP contribution in [0.2, 0.25) is 5.02 Å². The molecule has 2 N–H and O–H groups in total. The maximum atomic E-state index is 11.9. The summed E-state index contributed by atoms with van der Waals surface area (Å²) >= 11 is 6.21. The van der Waals surface area contributed by atoms with E-state index in [-0.39, 0.29) is 5.63 Å². The predicted molar refractivity (Wildman–Crippen MR) is 102 cm³/mol. The summed E-state index contributed by atoms with van der Waals surface area (Å²) < 4.78 is 5.41. The van der Waals surface area contributed by atoms with Gasteiger partial charge in [0.15, 0.2) is 0 Å². The third-order valence-corrected chi connectivity index (χ3v) is 4.89. The zero-order valence-corrected chi connectivity index (χ0v) is 15.6. The van der Waals surface area contributed by atoms with E-state index in [0.717, 1.165) is 33.6 Å². The van der Waals surface area contributed by atoms with E-state index >= 15 is 0 Å². The molecule has 0 fully saturated rings. The fraction of sp³-hybridized carbons (Fsp3) is 0.286. The Kier molecular flexibility index (Phi) is 5.26. The van der Waals surface area contributed by atoms with Gasteiger partial charge in [0.2, 0.25) is 0 Å². The number of fused-ring (bicyclic) bond motifs is 1. The predicted octanol–water partition coefficient (Wildman–Crippen LogP) is 4.14. The van der Waals surface area contributed by atoms with Gasteiger partial charge in [-0.25, -0.2) is 4.79 Å². The van der Waals surface area contributed by atoms with Crippen LogP contribution in [-0.2, 0) is 13.1 Å². The van der Waals surface area contributed by atoms with E-state index in [0.29, 0.717) is 18.0 Å². The van der Waals surface area contributed by atoms with E-state index in [1.165, 1.54) is 5.56 Å². The van der Waals surface area contributed by atoms with Crippen molar-refractivity contribution in [1.82, 2.24) is 0 Å². The molecule has 0 aliphatic heterocycles. The molecular weight excluding hydrogens is 334 g/mol. The Labute approximate surface area is 152 Å². The summed E-state index contributed by atoms with van der Waals surface area (Å²) in [7, 11) is 0. The first kappa shape index (κ1) is 17.7. The van der Waals surface area contributed by atoms with Gasteiger partial charge in [-0.05, 0) is 42.2 Å². The number of quaternary nitrogens is 1. The van der Waals surface area contributed by atoms with Gasteiger partial charge >= 0.3 is 5.63 Å². The second-order valence-corrected chi connectivity index (χ2v) is 7.15. The van der Waals surface area contributed by atoms with Crippen molar-refractivity contribution in [3.63, 3.8) is 0 Å². The number of nitrogens with two attached hydrogens (primary N) is 1. The summed E-state index contributed by atoms with van der Waals surface area (Å²) in [6, 6.07) is 13.6. The normalized spacial score (nSPS) is 11.4. The van der Waals surface area contributed by atoms with Gasteiger partial charge in [0.05, 0.1) is 0 Å². The molecular formula is C21H23ClNO2+. The molecule has 1 heterocycles. The smallest absolute Gasteiger partial charge is 0.336 e. The highest BCUT2D eigenvalue weighted by atomic mass is 35.5. The average Bonchev–Trinajstić information content (AvgIpc) is 2.55. The molecule has 0 spiro atoms. The van der Waals surface area contributed by atoms with Crippen molar-refractivity contribution in [1.29, 1.82) is 0 Å². The molecule has 2 aromatic carbocycles. The third-order valence-electron chi connectivity index (χ3n) is 4.53. The number of rotatable bonds is 5.